The predicted octanol–water partition coefficient (Wildman–Crippen LogP) is -0.660. The Labute approximate surface area is 98.5 Å². The van der Waals surface area contributed by atoms with Crippen molar-refractivity contribution in [2.24, 2.45) is 0 Å². The first-order valence-electron chi connectivity index (χ1n) is 5.77. The van der Waals surface area contributed by atoms with Gasteiger partial charge in [0.1, 0.15) is 0 Å². The van der Waals surface area contributed by atoms with Crippen LogP contribution in [0.2, 0.25) is 0 Å². The van der Waals surface area contributed by atoms with Crippen LogP contribution >= 0.6 is 0 Å². The van der Waals surface area contributed by atoms with Crippen LogP contribution in [0.5, 0.6) is 0 Å². The molecule has 0 saturated carbocycles. The molecule has 0 radical (unpaired) electrons. The van der Waals surface area contributed by atoms with E-state index in [0.717, 1.165) is 0 Å². The Morgan fingerprint density at radius 3 is 1.82 bits per heavy atom. The summed E-state index contributed by atoms with van der Waals surface area (Å²) < 4.78 is 0. The molecule has 4 rings (SSSR count). The van der Waals surface area contributed by atoms with Crippen molar-refractivity contribution in [1.29, 1.82) is 0 Å². The first-order chi connectivity index (χ1) is 8.33. The van der Waals surface area contributed by atoms with E-state index in [-0.39, 0.29) is 0 Å². The molecular weight excluding hydrogens is 208 g/mol. The molecule has 2 aromatic rings. The summed E-state index contributed by atoms with van der Waals surface area (Å²) in [5, 5.41) is 11.1. The zero-order valence-electron chi connectivity index (χ0n) is 9.57. The Balaban J connectivity index is 2.46. The summed E-state index contributed by atoms with van der Waals surface area (Å²) in [4.78, 5) is 2.12. The molecule has 0 aromatic heterocycles. The molecule has 0 fully saturated rings. The van der Waals surface area contributed by atoms with Gasteiger partial charge in [-0.1, -0.05) is 24.3 Å². The molecular formula is C15H12N2. The zero-order valence-corrected chi connectivity index (χ0v) is 9.57. The highest BCUT2D eigenvalue weighted by Gasteiger charge is 2.06. The van der Waals surface area contributed by atoms with Crippen LogP contribution in [0.3, 0.4) is 0 Å². The lowest BCUT2D eigenvalue weighted by Gasteiger charge is -2.15. The van der Waals surface area contributed by atoms with E-state index in [9.17, 15) is 0 Å². The van der Waals surface area contributed by atoms with Gasteiger partial charge in [0, 0.05) is 42.6 Å². The molecule has 82 valence electrons. The average molecular weight is 220 g/mol. The fraction of sp³-hybridized carbons (Fsp3) is 0.0667. The SMILES string of the molecule is CN1C=c2ccc3c4c(ccc(c24)=C1)=CNC=3. The molecule has 1 N–H and O–H groups in total. The second kappa shape index (κ2) is 2.92. The predicted molar refractivity (Wildman–Crippen MR) is 71.2 cm³/mol. The van der Waals surface area contributed by atoms with Gasteiger partial charge in [-0.3, -0.25) is 0 Å². The van der Waals surface area contributed by atoms with E-state index in [1.165, 1.54) is 31.6 Å². The van der Waals surface area contributed by atoms with Crippen LogP contribution in [-0.2, 0) is 0 Å². The standard InChI is InChI=1S/C15H12N2/c1-17-8-12-4-2-10-6-16-7-11-3-5-13(9-17)15(12)14(10)11/h2-9,16H,1H3. The quantitative estimate of drug-likeness (QED) is 0.634. The summed E-state index contributed by atoms with van der Waals surface area (Å²) in [6, 6.07) is 8.75. The Morgan fingerprint density at radius 2 is 1.24 bits per heavy atom. The van der Waals surface area contributed by atoms with Crippen molar-refractivity contribution < 1.29 is 0 Å². The van der Waals surface area contributed by atoms with Crippen LogP contribution in [0.4, 0.5) is 0 Å². The molecule has 2 aromatic carbocycles. The topological polar surface area (TPSA) is 15.3 Å². The first kappa shape index (κ1) is 8.88. The van der Waals surface area contributed by atoms with E-state index in [0.29, 0.717) is 0 Å². The molecule has 17 heavy (non-hydrogen) atoms. The monoisotopic (exact) mass is 220 g/mol. The maximum atomic E-state index is 3.20. The van der Waals surface area contributed by atoms with Crippen molar-refractivity contribution in [1.82, 2.24) is 10.2 Å². The normalized spacial score (nSPS) is 15.2. The van der Waals surface area contributed by atoms with E-state index < -0.39 is 0 Å². The lowest BCUT2D eigenvalue weighted by Crippen LogP contribution is -2.33. The van der Waals surface area contributed by atoms with Crippen LogP contribution in [0, 0.1) is 0 Å². The highest BCUT2D eigenvalue weighted by atomic mass is 15.0. The Morgan fingerprint density at radius 1 is 0.765 bits per heavy atom. The van der Waals surface area contributed by atoms with Gasteiger partial charge in [0.05, 0.1) is 0 Å². The molecule has 2 aliphatic rings. The van der Waals surface area contributed by atoms with Gasteiger partial charge >= 0.3 is 0 Å². The van der Waals surface area contributed by atoms with Crippen molar-refractivity contribution in [3.05, 3.63) is 45.1 Å². The highest BCUT2D eigenvalue weighted by Crippen LogP contribution is 2.01. The lowest BCUT2D eigenvalue weighted by molar-refractivity contribution is 0.734. The molecule has 2 heterocycles. The first-order valence-corrected chi connectivity index (χ1v) is 5.77. The van der Waals surface area contributed by atoms with E-state index in [2.05, 4.69) is 66.3 Å². The summed E-state index contributed by atoms with van der Waals surface area (Å²) in [5.41, 5.74) is 0. The number of hydrogen-bond acceptors (Lipinski definition) is 2. The minimum atomic E-state index is 1.27. The van der Waals surface area contributed by atoms with Crippen LogP contribution in [0.15, 0.2) is 24.3 Å². The smallest absolute Gasteiger partial charge is 0.0110 e. The Bertz CT molecular complexity index is 807. The fourth-order valence-electron chi connectivity index (χ4n) is 2.76. The third-order valence-corrected chi connectivity index (χ3v) is 3.45. The summed E-state index contributed by atoms with van der Waals surface area (Å²) >= 11 is 0. The van der Waals surface area contributed by atoms with Crippen molar-refractivity contribution >= 4 is 35.6 Å². The van der Waals surface area contributed by atoms with E-state index in [1.54, 1.807) is 0 Å². The molecule has 0 amide bonds. The molecule has 2 heteroatoms. The molecule has 2 nitrogen and oxygen atoms in total. The van der Waals surface area contributed by atoms with E-state index >= 15 is 0 Å². The fourth-order valence-corrected chi connectivity index (χ4v) is 2.76. The number of hydrogen-bond donors (Lipinski definition) is 1. The van der Waals surface area contributed by atoms with Gasteiger partial charge in [-0.25, -0.2) is 0 Å². The van der Waals surface area contributed by atoms with Crippen LogP contribution in [-0.4, -0.2) is 11.9 Å². The van der Waals surface area contributed by atoms with Crippen LogP contribution in [0.1, 0.15) is 0 Å². The third kappa shape index (κ3) is 1.10. The molecule has 0 aliphatic carbocycles. The van der Waals surface area contributed by atoms with Crippen molar-refractivity contribution in [3.63, 3.8) is 0 Å². The van der Waals surface area contributed by atoms with Crippen molar-refractivity contribution in [2.45, 2.75) is 0 Å². The summed E-state index contributed by atoms with van der Waals surface area (Å²) in [6.45, 7) is 0. The number of benzene rings is 2. The molecule has 0 unspecified atom stereocenters. The van der Waals surface area contributed by atoms with Crippen molar-refractivity contribution in [2.75, 3.05) is 7.05 Å². The van der Waals surface area contributed by atoms with E-state index in [1.807, 2.05) is 0 Å². The van der Waals surface area contributed by atoms with Gasteiger partial charge < -0.3 is 10.2 Å². The largest absolute Gasteiger partial charge is 0.366 e. The molecule has 2 aliphatic heterocycles. The van der Waals surface area contributed by atoms with Gasteiger partial charge in [-0.2, -0.15) is 0 Å². The number of nitrogens with one attached hydrogen (secondary N) is 1. The Kier molecular flexibility index (Phi) is 1.52. The van der Waals surface area contributed by atoms with Gasteiger partial charge in [-0.15, -0.1) is 0 Å². The minimum Gasteiger partial charge on any atom is -0.366 e. The summed E-state index contributed by atoms with van der Waals surface area (Å²) in [5.74, 6) is 0. The van der Waals surface area contributed by atoms with Gasteiger partial charge in [0.2, 0.25) is 0 Å². The molecule has 0 saturated heterocycles. The molecule has 0 bridgehead atoms. The molecule has 0 spiro atoms. The van der Waals surface area contributed by atoms with Crippen molar-refractivity contribution in [3.8, 4) is 0 Å². The number of nitrogens with zero attached hydrogens (tertiary/aromatic N) is 1. The van der Waals surface area contributed by atoms with Crippen LogP contribution in [0.25, 0.3) is 35.6 Å². The van der Waals surface area contributed by atoms with Gasteiger partial charge in [-0.05, 0) is 20.9 Å². The maximum absolute atomic E-state index is 3.20. The lowest BCUT2D eigenvalue weighted by atomic mass is 10.0. The van der Waals surface area contributed by atoms with Gasteiger partial charge in [0.25, 0.3) is 0 Å². The average Bonchev–Trinajstić information content (AvgIpc) is 2.35. The summed E-state index contributed by atoms with van der Waals surface area (Å²) in [6.07, 6.45) is 8.48. The van der Waals surface area contributed by atoms with Crippen LogP contribution < -0.4 is 26.2 Å². The highest BCUT2D eigenvalue weighted by molar-refractivity contribution is 5.88. The van der Waals surface area contributed by atoms with Gasteiger partial charge in [0.15, 0.2) is 0 Å². The second-order valence-corrected chi connectivity index (χ2v) is 4.62. The zero-order chi connectivity index (χ0) is 11.4. The maximum Gasteiger partial charge on any atom is 0.0110 e. The number of rotatable bonds is 0. The second-order valence-electron chi connectivity index (χ2n) is 4.62. The molecule has 0 atom stereocenters. The third-order valence-electron chi connectivity index (χ3n) is 3.45. The minimum absolute atomic E-state index is 1.27. The Hall–Kier alpha value is -2.22. The van der Waals surface area contributed by atoms with E-state index in [4.69, 9.17) is 0 Å². The summed E-state index contributed by atoms with van der Waals surface area (Å²) in [7, 11) is 2.07.